The Balaban J connectivity index is 2.20. The predicted octanol–water partition coefficient (Wildman–Crippen LogP) is 2.25. The van der Waals surface area contributed by atoms with Crippen LogP contribution in [0.25, 0.3) is 0 Å². The summed E-state index contributed by atoms with van der Waals surface area (Å²) < 4.78 is 5.41. The second-order valence-electron chi connectivity index (χ2n) is 4.07. The van der Waals surface area contributed by atoms with Crippen LogP contribution in [-0.2, 0) is 4.79 Å². The lowest BCUT2D eigenvalue weighted by Gasteiger charge is -2.11. The molecule has 90 valence electrons. The van der Waals surface area contributed by atoms with E-state index in [4.69, 9.17) is 4.74 Å². The van der Waals surface area contributed by atoms with Crippen molar-refractivity contribution in [3.8, 4) is 5.75 Å². The third-order valence-corrected chi connectivity index (χ3v) is 2.65. The molecule has 0 spiro atoms. The molecule has 0 atom stereocenters. The molecule has 0 unspecified atom stereocenters. The Morgan fingerprint density at radius 2 is 2.29 bits per heavy atom. The highest BCUT2D eigenvalue weighted by atomic mass is 16.5. The van der Waals surface area contributed by atoms with Crippen molar-refractivity contribution >= 4 is 17.9 Å². The first-order valence-corrected chi connectivity index (χ1v) is 5.77. The van der Waals surface area contributed by atoms with Crippen LogP contribution in [0.4, 0.5) is 5.69 Å². The van der Waals surface area contributed by atoms with Crippen LogP contribution in [0, 0.1) is 5.92 Å². The van der Waals surface area contributed by atoms with Crippen molar-refractivity contribution in [2.24, 2.45) is 5.92 Å². The van der Waals surface area contributed by atoms with Gasteiger partial charge >= 0.3 is 0 Å². The molecule has 1 saturated carbocycles. The molecule has 1 aliphatic rings. The zero-order valence-electron chi connectivity index (χ0n) is 9.73. The van der Waals surface area contributed by atoms with Crippen molar-refractivity contribution in [2.45, 2.75) is 19.8 Å². The number of ether oxygens (including phenoxy) is 1. The summed E-state index contributed by atoms with van der Waals surface area (Å²) in [6.07, 6.45) is 2.65. The second-order valence-corrected chi connectivity index (χ2v) is 4.07. The fourth-order valence-electron chi connectivity index (χ4n) is 1.58. The van der Waals surface area contributed by atoms with Gasteiger partial charge in [-0.2, -0.15) is 0 Å². The third kappa shape index (κ3) is 2.84. The number of nitrogens with one attached hydrogen (secondary N) is 1. The average molecular weight is 233 g/mol. The van der Waals surface area contributed by atoms with E-state index in [9.17, 15) is 9.59 Å². The van der Waals surface area contributed by atoms with Gasteiger partial charge in [0.15, 0.2) is 0 Å². The van der Waals surface area contributed by atoms with E-state index in [1.807, 2.05) is 6.92 Å². The molecule has 1 fully saturated rings. The molecule has 1 aliphatic carbocycles. The van der Waals surface area contributed by atoms with Gasteiger partial charge in [0.05, 0.1) is 12.3 Å². The highest BCUT2D eigenvalue weighted by Gasteiger charge is 2.30. The Hall–Kier alpha value is -1.84. The summed E-state index contributed by atoms with van der Waals surface area (Å²) in [4.78, 5) is 22.4. The number of carbonyl (C=O) groups is 2. The Labute approximate surface area is 100.0 Å². The summed E-state index contributed by atoms with van der Waals surface area (Å²) in [7, 11) is 0. The summed E-state index contributed by atoms with van der Waals surface area (Å²) in [6, 6.07) is 5.01. The molecule has 0 heterocycles. The number of carbonyl (C=O) groups excluding carboxylic acids is 2. The number of hydrogen-bond donors (Lipinski definition) is 1. The molecule has 4 nitrogen and oxygen atoms in total. The SMILES string of the molecule is CCOc1ccc(C=O)cc1NC(=O)C1CC1. The van der Waals surface area contributed by atoms with Crippen LogP contribution in [0.5, 0.6) is 5.75 Å². The predicted molar refractivity (Wildman–Crippen MR) is 64.4 cm³/mol. The minimum absolute atomic E-state index is 0.00834. The minimum atomic E-state index is 0.00834. The van der Waals surface area contributed by atoms with E-state index in [2.05, 4.69) is 5.32 Å². The standard InChI is InChI=1S/C13H15NO3/c1-2-17-12-6-3-9(8-15)7-11(12)14-13(16)10-4-5-10/h3,6-8,10H,2,4-5H2,1H3,(H,14,16). The first-order chi connectivity index (χ1) is 8.24. The molecule has 1 aromatic carbocycles. The molecule has 0 bridgehead atoms. The number of anilines is 1. The van der Waals surface area contributed by atoms with Gasteiger partial charge in [-0.3, -0.25) is 9.59 Å². The first-order valence-electron chi connectivity index (χ1n) is 5.77. The quantitative estimate of drug-likeness (QED) is 0.793. The van der Waals surface area contributed by atoms with Crippen molar-refractivity contribution in [3.05, 3.63) is 23.8 Å². The molecular weight excluding hydrogens is 218 g/mol. The number of hydrogen-bond acceptors (Lipinski definition) is 3. The van der Waals surface area contributed by atoms with E-state index in [-0.39, 0.29) is 11.8 Å². The van der Waals surface area contributed by atoms with Gasteiger partial charge in [-0.15, -0.1) is 0 Å². The largest absolute Gasteiger partial charge is 0.492 e. The molecule has 17 heavy (non-hydrogen) atoms. The fourth-order valence-corrected chi connectivity index (χ4v) is 1.58. The summed E-state index contributed by atoms with van der Waals surface area (Å²) >= 11 is 0. The van der Waals surface area contributed by atoms with Crippen molar-refractivity contribution in [2.75, 3.05) is 11.9 Å². The molecule has 0 saturated heterocycles. The van der Waals surface area contributed by atoms with E-state index in [1.54, 1.807) is 18.2 Å². The van der Waals surface area contributed by atoms with Crippen LogP contribution in [0.15, 0.2) is 18.2 Å². The van der Waals surface area contributed by atoms with Crippen LogP contribution in [0.1, 0.15) is 30.1 Å². The van der Waals surface area contributed by atoms with Crippen LogP contribution in [0.3, 0.4) is 0 Å². The van der Waals surface area contributed by atoms with Crippen LogP contribution in [0.2, 0.25) is 0 Å². The average Bonchev–Trinajstić information content (AvgIpc) is 3.15. The summed E-state index contributed by atoms with van der Waals surface area (Å²) in [6.45, 7) is 2.40. The highest BCUT2D eigenvalue weighted by Crippen LogP contribution is 2.32. The van der Waals surface area contributed by atoms with E-state index in [0.29, 0.717) is 23.6 Å². The second kappa shape index (κ2) is 4.99. The molecule has 2 rings (SSSR count). The van der Waals surface area contributed by atoms with Gasteiger partial charge in [0.1, 0.15) is 12.0 Å². The molecule has 0 radical (unpaired) electrons. The maximum atomic E-state index is 11.7. The minimum Gasteiger partial charge on any atom is -0.492 e. The summed E-state index contributed by atoms with van der Waals surface area (Å²) in [5.74, 6) is 0.741. The highest BCUT2D eigenvalue weighted by molar-refractivity contribution is 5.96. The smallest absolute Gasteiger partial charge is 0.227 e. The number of benzene rings is 1. The van der Waals surface area contributed by atoms with Gasteiger partial charge < -0.3 is 10.1 Å². The first kappa shape index (κ1) is 11.6. The molecule has 1 N–H and O–H groups in total. The molecule has 0 aromatic heterocycles. The van der Waals surface area contributed by atoms with Gasteiger partial charge in [-0.05, 0) is 38.0 Å². The fraction of sp³-hybridized carbons (Fsp3) is 0.385. The van der Waals surface area contributed by atoms with Gasteiger partial charge in [0.2, 0.25) is 5.91 Å². The van der Waals surface area contributed by atoms with Crippen molar-refractivity contribution < 1.29 is 14.3 Å². The maximum Gasteiger partial charge on any atom is 0.227 e. The van der Waals surface area contributed by atoms with Crippen molar-refractivity contribution in [1.29, 1.82) is 0 Å². The number of rotatable bonds is 5. The third-order valence-electron chi connectivity index (χ3n) is 2.65. The maximum absolute atomic E-state index is 11.7. The van der Waals surface area contributed by atoms with Crippen LogP contribution >= 0.6 is 0 Å². The van der Waals surface area contributed by atoms with Gasteiger partial charge in [0, 0.05) is 11.5 Å². The van der Waals surface area contributed by atoms with E-state index in [0.717, 1.165) is 19.1 Å². The summed E-state index contributed by atoms with van der Waals surface area (Å²) in [5, 5.41) is 2.81. The lowest BCUT2D eigenvalue weighted by atomic mass is 10.2. The van der Waals surface area contributed by atoms with E-state index in [1.165, 1.54) is 0 Å². The van der Waals surface area contributed by atoms with E-state index >= 15 is 0 Å². The summed E-state index contributed by atoms with van der Waals surface area (Å²) in [5.41, 5.74) is 1.10. The topological polar surface area (TPSA) is 55.4 Å². The zero-order valence-corrected chi connectivity index (χ0v) is 9.73. The number of amides is 1. The Bertz CT molecular complexity index is 438. The molecular formula is C13H15NO3. The van der Waals surface area contributed by atoms with Gasteiger partial charge in [-0.1, -0.05) is 0 Å². The molecule has 1 amide bonds. The molecule has 1 aromatic rings. The Kier molecular flexibility index (Phi) is 3.42. The van der Waals surface area contributed by atoms with Crippen LogP contribution < -0.4 is 10.1 Å². The normalized spacial score (nSPS) is 14.2. The van der Waals surface area contributed by atoms with Gasteiger partial charge in [0.25, 0.3) is 0 Å². The molecule has 0 aliphatic heterocycles. The Morgan fingerprint density at radius 3 is 2.88 bits per heavy atom. The van der Waals surface area contributed by atoms with Crippen LogP contribution in [-0.4, -0.2) is 18.8 Å². The lowest BCUT2D eigenvalue weighted by molar-refractivity contribution is -0.117. The van der Waals surface area contributed by atoms with Crippen molar-refractivity contribution in [3.63, 3.8) is 0 Å². The lowest BCUT2D eigenvalue weighted by Crippen LogP contribution is -2.14. The molecule has 4 heteroatoms. The van der Waals surface area contributed by atoms with Gasteiger partial charge in [-0.25, -0.2) is 0 Å². The monoisotopic (exact) mass is 233 g/mol. The van der Waals surface area contributed by atoms with E-state index < -0.39 is 0 Å². The van der Waals surface area contributed by atoms with Crippen molar-refractivity contribution in [1.82, 2.24) is 0 Å². The Morgan fingerprint density at radius 1 is 1.53 bits per heavy atom. The number of aldehydes is 1. The zero-order chi connectivity index (χ0) is 12.3.